The Hall–Kier alpha value is -2.10. The lowest BCUT2D eigenvalue weighted by molar-refractivity contribution is 0.0694. The van der Waals surface area contributed by atoms with Crippen LogP contribution < -0.4 is 0 Å². The summed E-state index contributed by atoms with van der Waals surface area (Å²) in [6, 6.07) is 6.10. The van der Waals surface area contributed by atoms with Crippen LogP contribution in [0.4, 0.5) is 0 Å². The van der Waals surface area contributed by atoms with Gasteiger partial charge in [-0.2, -0.15) is 5.10 Å². The van der Waals surface area contributed by atoms with Gasteiger partial charge in [-0.05, 0) is 31.0 Å². The maximum atomic E-state index is 11.4. The molecule has 2 aromatic rings. The van der Waals surface area contributed by atoms with Crippen LogP contribution in [0.3, 0.4) is 0 Å². The molecule has 0 atom stereocenters. The molecule has 4 nitrogen and oxygen atoms in total. The van der Waals surface area contributed by atoms with Crippen LogP contribution in [0.15, 0.2) is 24.4 Å². The Morgan fingerprint density at radius 2 is 1.90 bits per heavy atom. The molecule has 0 radical (unpaired) electrons. The number of carboxylic acids is 1. The SMILES string of the molecule is Cc1ccc(C)c(-n2ncc(C(=O)O)c2C(C)(C)C)c1. The van der Waals surface area contributed by atoms with E-state index in [0.29, 0.717) is 0 Å². The van der Waals surface area contributed by atoms with Crippen LogP contribution in [0.25, 0.3) is 5.69 Å². The monoisotopic (exact) mass is 272 g/mol. The highest BCUT2D eigenvalue weighted by molar-refractivity contribution is 5.89. The van der Waals surface area contributed by atoms with Crippen LogP contribution in [0.2, 0.25) is 0 Å². The van der Waals surface area contributed by atoms with Gasteiger partial charge in [0.1, 0.15) is 5.56 Å². The molecule has 1 aromatic heterocycles. The van der Waals surface area contributed by atoms with E-state index in [1.807, 2.05) is 52.8 Å². The van der Waals surface area contributed by atoms with Gasteiger partial charge in [-0.3, -0.25) is 0 Å². The van der Waals surface area contributed by atoms with Gasteiger partial charge >= 0.3 is 5.97 Å². The summed E-state index contributed by atoms with van der Waals surface area (Å²) in [5.41, 5.74) is 3.80. The van der Waals surface area contributed by atoms with Crippen LogP contribution >= 0.6 is 0 Å². The fraction of sp³-hybridized carbons (Fsp3) is 0.375. The minimum Gasteiger partial charge on any atom is -0.478 e. The van der Waals surface area contributed by atoms with Crippen LogP contribution in [0.5, 0.6) is 0 Å². The smallest absolute Gasteiger partial charge is 0.339 e. The molecule has 0 bridgehead atoms. The van der Waals surface area contributed by atoms with E-state index >= 15 is 0 Å². The lowest BCUT2D eigenvalue weighted by Gasteiger charge is -2.22. The van der Waals surface area contributed by atoms with Crippen LogP contribution in [-0.2, 0) is 5.41 Å². The number of hydrogen-bond acceptors (Lipinski definition) is 2. The number of hydrogen-bond donors (Lipinski definition) is 1. The van der Waals surface area contributed by atoms with Crippen LogP contribution in [0, 0.1) is 13.8 Å². The molecule has 0 fully saturated rings. The first-order valence-electron chi connectivity index (χ1n) is 6.61. The van der Waals surface area contributed by atoms with E-state index in [-0.39, 0.29) is 11.0 Å². The molecule has 1 heterocycles. The zero-order valence-corrected chi connectivity index (χ0v) is 12.6. The van der Waals surface area contributed by atoms with Crippen molar-refractivity contribution in [1.82, 2.24) is 9.78 Å². The first-order chi connectivity index (χ1) is 9.21. The van der Waals surface area contributed by atoms with E-state index in [1.165, 1.54) is 6.20 Å². The van der Waals surface area contributed by atoms with Gasteiger partial charge < -0.3 is 5.11 Å². The van der Waals surface area contributed by atoms with Gasteiger partial charge in [0.2, 0.25) is 0 Å². The van der Waals surface area contributed by atoms with Gasteiger partial charge in [0, 0.05) is 5.41 Å². The number of aryl methyl sites for hydroxylation is 2. The van der Waals surface area contributed by atoms with Gasteiger partial charge in [0.15, 0.2) is 0 Å². The summed E-state index contributed by atoms with van der Waals surface area (Å²) >= 11 is 0. The van der Waals surface area contributed by atoms with Gasteiger partial charge in [-0.15, -0.1) is 0 Å². The molecule has 1 aromatic carbocycles. The van der Waals surface area contributed by atoms with Crippen molar-refractivity contribution in [2.24, 2.45) is 0 Å². The summed E-state index contributed by atoms with van der Waals surface area (Å²) in [6.45, 7) is 10.0. The molecule has 1 N–H and O–H groups in total. The zero-order chi connectivity index (χ0) is 15.1. The van der Waals surface area contributed by atoms with Crippen molar-refractivity contribution < 1.29 is 9.90 Å². The van der Waals surface area contributed by atoms with Crippen LogP contribution in [0.1, 0.15) is 48.0 Å². The van der Waals surface area contributed by atoms with E-state index in [1.54, 1.807) is 4.68 Å². The molecule has 2 rings (SSSR count). The van der Waals surface area contributed by atoms with Gasteiger partial charge in [-0.1, -0.05) is 32.9 Å². The Balaban J connectivity index is 2.75. The van der Waals surface area contributed by atoms with Crippen molar-refractivity contribution in [1.29, 1.82) is 0 Å². The van der Waals surface area contributed by atoms with E-state index in [0.717, 1.165) is 22.5 Å². The third-order valence-corrected chi connectivity index (χ3v) is 3.30. The number of aromatic carboxylic acids is 1. The molecule has 0 aliphatic heterocycles. The Morgan fingerprint density at radius 3 is 2.45 bits per heavy atom. The standard InChI is InChI=1S/C16H20N2O2/c1-10-6-7-11(2)13(8-10)18-14(16(3,4)5)12(9-17-18)15(19)20/h6-9H,1-5H3,(H,19,20). The maximum Gasteiger partial charge on any atom is 0.339 e. The van der Waals surface area contributed by atoms with Gasteiger partial charge in [0.05, 0.1) is 17.6 Å². The average molecular weight is 272 g/mol. The molecule has 0 aliphatic carbocycles. The Bertz CT molecular complexity index is 664. The van der Waals surface area contributed by atoms with Crippen molar-refractivity contribution in [2.45, 2.75) is 40.0 Å². The number of aromatic nitrogens is 2. The highest BCUT2D eigenvalue weighted by atomic mass is 16.4. The summed E-state index contributed by atoms with van der Waals surface area (Å²) in [4.78, 5) is 11.4. The predicted molar refractivity (Wildman–Crippen MR) is 78.7 cm³/mol. The van der Waals surface area contributed by atoms with E-state index in [4.69, 9.17) is 0 Å². The molecule has 20 heavy (non-hydrogen) atoms. The van der Waals surface area contributed by atoms with Gasteiger partial charge in [0.25, 0.3) is 0 Å². The second-order valence-corrected chi connectivity index (χ2v) is 6.16. The quantitative estimate of drug-likeness (QED) is 0.910. The molecule has 106 valence electrons. The van der Waals surface area contributed by atoms with Crippen molar-refractivity contribution in [3.63, 3.8) is 0 Å². The third-order valence-electron chi connectivity index (χ3n) is 3.30. The molecule has 0 aliphatic rings. The Morgan fingerprint density at radius 1 is 1.25 bits per heavy atom. The fourth-order valence-electron chi connectivity index (χ4n) is 2.36. The first kappa shape index (κ1) is 14.3. The molecular weight excluding hydrogens is 252 g/mol. The average Bonchev–Trinajstić information content (AvgIpc) is 2.76. The first-order valence-corrected chi connectivity index (χ1v) is 6.61. The van der Waals surface area contributed by atoms with E-state index in [9.17, 15) is 9.90 Å². The molecule has 4 heteroatoms. The number of rotatable bonds is 2. The van der Waals surface area contributed by atoms with Crippen LogP contribution in [-0.4, -0.2) is 20.9 Å². The number of benzene rings is 1. The lowest BCUT2D eigenvalue weighted by atomic mass is 9.89. The summed E-state index contributed by atoms with van der Waals surface area (Å²) in [6.07, 6.45) is 1.44. The summed E-state index contributed by atoms with van der Waals surface area (Å²) in [5, 5.41) is 13.7. The van der Waals surface area contributed by atoms with E-state index in [2.05, 4.69) is 5.10 Å². The maximum absolute atomic E-state index is 11.4. The minimum absolute atomic E-state index is 0.262. The topological polar surface area (TPSA) is 55.1 Å². The molecule has 0 unspecified atom stereocenters. The fourth-order valence-corrected chi connectivity index (χ4v) is 2.36. The summed E-state index contributed by atoms with van der Waals surface area (Å²) in [7, 11) is 0. The highest BCUT2D eigenvalue weighted by Crippen LogP contribution is 2.29. The highest BCUT2D eigenvalue weighted by Gasteiger charge is 2.28. The van der Waals surface area contributed by atoms with Gasteiger partial charge in [-0.25, -0.2) is 9.48 Å². The number of nitrogens with zero attached hydrogens (tertiary/aromatic N) is 2. The summed E-state index contributed by atoms with van der Waals surface area (Å²) in [5.74, 6) is -0.938. The van der Waals surface area contributed by atoms with Crippen molar-refractivity contribution in [2.75, 3.05) is 0 Å². The zero-order valence-electron chi connectivity index (χ0n) is 12.6. The predicted octanol–water partition coefficient (Wildman–Crippen LogP) is 3.48. The lowest BCUT2D eigenvalue weighted by Crippen LogP contribution is -2.21. The molecule has 0 saturated heterocycles. The summed E-state index contributed by atoms with van der Waals surface area (Å²) < 4.78 is 1.76. The third kappa shape index (κ3) is 2.46. The normalized spacial score (nSPS) is 11.7. The Kier molecular flexibility index (Phi) is 3.42. The van der Waals surface area contributed by atoms with Crippen molar-refractivity contribution in [3.05, 3.63) is 46.8 Å². The second-order valence-electron chi connectivity index (χ2n) is 6.16. The largest absolute Gasteiger partial charge is 0.478 e. The van der Waals surface area contributed by atoms with E-state index < -0.39 is 5.97 Å². The molecular formula is C16H20N2O2. The molecule has 0 saturated carbocycles. The number of carbonyl (C=O) groups is 1. The number of carboxylic acid groups (broad SMARTS) is 1. The minimum atomic E-state index is -0.938. The van der Waals surface area contributed by atoms with Crippen molar-refractivity contribution >= 4 is 5.97 Å². The Labute approximate surface area is 119 Å². The molecule has 0 amide bonds. The second kappa shape index (κ2) is 4.78. The molecule has 0 spiro atoms. The van der Waals surface area contributed by atoms with Crippen molar-refractivity contribution in [3.8, 4) is 5.69 Å².